The van der Waals surface area contributed by atoms with Crippen LogP contribution in [0.5, 0.6) is 0 Å². The van der Waals surface area contributed by atoms with Crippen molar-refractivity contribution in [1.82, 2.24) is 0 Å². The average Bonchev–Trinajstić information content (AvgIpc) is 2.16. The van der Waals surface area contributed by atoms with Gasteiger partial charge in [0.25, 0.3) is 0 Å². The van der Waals surface area contributed by atoms with Crippen LogP contribution in [0.3, 0.4) is 0 Å². The van der Waals surface area contributed by atoms with Gasteiger partial charge < -0.3 is 11.1 Å². The maximum atomic E-state index is 8.71. The standard InChI is InChI=1S/C10H7Cl2N3S/c11-7-1-8(12)3-9(2-7)15-5-6(4-13)10(14)16/h1-3,5,15H,(H2,14,16)/b6-5-. The lowest BCUT2D eigenvalue weighted by molar-refractivity contribution is 1.49. The van der Waals surface area contributed by atoms with Crippen LogP contribution in [0.25, 0.3) is 0 Å². The predicted molar refractivity (Wildman–Crippen MR) is 70.6 cm³/mol. The Kier molecular flexibility index (Phi) is 4.56. The molecule has 0 unspecified atom stereocenters. The zero-order chi connectivity index (χ0) is 12.1. The molecule has 0 fully saturated rings. The van der Waals surface area contributed by atoms with Crippen molar-refractivity contribution in [3.8, 4) is 6.07 Å². The Morgan fingerprint density at radius 1 is 1.38 bits per heavy atom. The second-order valence-corrected chi connectivity index (χ2v) is 4.15. The molecule has 82 valence electrons. The molecule has 0 heterocycles. The van der Waals surface area contributed by atoms with Crippen molar-refractivity contribution in [3.05, 3.63) is 40.0 Å². The van der Waals surface area contributed by atoms with Gasteiger partial charge in [-0.2, -0.15) is 5.26 Å². The van der Waals surface area contributed by atoms with Crippen LogP contribution >= 0.6 is 35.4 Å². The second kappa shape index (κ2) is 5.71. The Hall–Kier alpha value is -1.28. The number of hydrogen-bond donors (Lipinski definition) is 2. The van der Waals surface area contributed by atoms with Crippen molar-refractivity contribution in [3.63, 3.8) is 0 Å². The summed E-state index contributed by atoms with van der Waals surface area (Å²) in [5.74, 6) is 0. The van der Waals surface area contributed by atoms with Crippen molar-refractivity contribution < 1.29 is 0 Å². The number of thiocarbonyl (C=S) groups is 1. The molecule has 0 bridgehead atoms. The number of rotatable bonds is 3. The summed E-state index contributed by atoms with van der Waals surface area (Å²) in [7, 11) is 0. The molecule has 0 aliphatic carbocycles. The highest BCUT2D eigenvalue weighted by atomic mass is 35.5. The lowest BCUT2D eigenvalue weighted by Crippen LogP contribution is -2.11. The van der Waals surface area contributed by atoms with E-state index >= 15 is 0 Å². The number of nitrogens with one attached hydrogen (secondary N) is 1. The van der Waals surface area contributed by atoms with Crippen molar-refractivity contribution >= 4 is 46.1 Å². The highest BCUT2D eigenvalue weighted by molar-refractivity contribution is 7.80. The van der Waals surface area contributed by atoms with Gasteiger partial charge in [-0.1, -0.05) is 35.4 Å². The minimum absolute atomic E-state index is 0.0307. The van der Waals surface area contributed by atoms with Crippen molar-refractivity contribution in [2.75, 3.05) is 5.32 Å². The summed E-state index contributed by atoms with van der Waals surface area (Å²) in [5, 5.41) is 12.5. The molecule has 1 aromatic rings. The SMILES string of the molecule is N#C/C(=C/Nc1cc(Cl)cc(Cl)c1)C(N)=S. The topological polar surface area (TPSA) is 61.8 Å². The fourth-order valence-electron chi connectivity index (χ4n) is 0.951. The number of halogens is 2. The number of nitriles is 1. The lowest BCUT2D eigenvalue weighted by atomic mass is 10.3. The summed E-state index contributed by atoms with van der Waals surface area (Å²) in [6.45, 7) is 0. The van der Waals surface area contributed by atoms with E-state index in [4.69, 9.17) is 34.2 Å². The molecule has 0 aliphatic heterocycles. The zero-order valence-corrected chi connectivity index (χ0v) is 10.3. The van der Waals surface area contributed by atoms with E-state index in [0.29, 0.717) is 15.7 Å². The number of nitrogens with zero attached hydrogens (tertiary/aromatic N) is 1. The van der Waals surface area contributed by atoms with Crippen molar-refractivity contribution in [1.29, 1.82) is 5.26 Å². The first-order valence-electron chi connectivity index (χ1n) is 4.15. The minimum Gasteiger partial charge on any atom is -0.389 e. The number of benzene rings is 1. The van der Waals surface area contributed by atoms with Gasteiger partial charge in [0.15, 0.2) is 0 Å². The van der Waals surface area contributed by atoms with E-state index in [-0.39, 0.29) is 10.6 Å². The summed E-state index contributed by atoms with van der Waals surface area (Å²) in [6.07, 6.45) is 1.41. The third kappa shape index (κ3) is 3.70. The van der Waals surface area contributed by atoms with Crippen LogP contribution in [0, 0.1) is 11.3 Å². The molecular formula is C10H7Cl2N3S. The molecule has 16 heavy (non-hydrogen) atoms. The highest BCUT2D eigenvalue weighted by Gasteiger charge is 2.00. The summed E-state index contributed by atoms with van der Waals surface area (Å²) in [4.78, 5) is 0.0307. The van der Waals surface area contributed by atoms with E-state index in [1.165, 1.54) is 6.20 Å². The van der Waals surface area contributed by atoms with E-state index in [0.717, 1.165) is 0 Å². The molecule has 1 rings (SSSR count). The largest absolute Gasteiger partial charge is 0.389 e. The van der Waals surface area contributed by atoms with E-state index in [1.54, 1.807) is 18.2 Å². The van der Waals surface area contributed by atoms with Gasteiger partial charge in [-0.05, 0) is 18.2 Å². The molecule has 1 aromatic carbocycles. The van der Waals surface area contributed by atoms with Crippen LogP contribution < -0.4 is 11.1 Å². The zero-order valence-electron chi connectivity index (χ0n) is 8.00. The number of hydrogen-bond acceptors (Lipinski definition) is 3. The normalized spacial score (nSPS) is 10.7. The Balaban J connectivity index is 2.90. The number of anilines is 1. The van der Waals surface area contributed by atoms with Crippen molar-refractivity contribution in [2.24, 2.45) is 5.73 Å². The predicted octanol–water partition coefficient (Wildman–Crippen LogP) is 3.10. The molecule has 3 N–H and O–H groups in total. The van der Waals surface area contributed by atoms with Crippen LogP contribution in [0.4, 0.5) is 5.69 Å². The Labute approximate surface area is 108 Å². The minimum atomic E-state index is 0.0307. The monoisotopic (exact) mass is 271 g/mol. The maximum Gasteiger partial charge on any atom is 0.116 e. The number of nitrogens with two attached hydrogens (primary N) is 1. The first kappa shape index (κ1) is 12.8. The molecule has 3 nitrogen and oxygen atoms in total. The Bertz CT molecular complexity index is 471. The molecule has 0 aliphatic rings. The smallest absolute Gasteiger partial charge is 0.116 e. The van der Waals surface area contributed by atoms with Gasteiger partial charge in [-0.25, -0.2) is 0 Å². The summed E-state index contributed by atoms with van der Waals surface area (Å²) in [6, 6.07) is 6.81. The van der Waals surface area contributed by atoms with Gasteiger partial charge in [-0.15, -0.1) is 0 Å². The van der Waals surface area contributed by atoms with E-state index in [9.17, 15) is 0 Å². The van der Waals surface area contributed by atoms with Crippen LogP contribution in [0.1, 0.15) is 0 Å². The quantitative estimate of drug-likeness (QED) is 0.504. The van der Waals surface area contributed by atoms with E-state index < -0.39 is 0 Å². The molecule has 6 heteroatoms. The Morgan fingerprint density at radius 3 is 2.38 bits per heavy atom. The first-order chi connectivity index (χ1) is 7.52. The molecule has 0 atom stereocenters. The molecule has 0 radical (unpaired) electrons. The van der Waals surface area contributed by atoms with Gasteiger partial charge in [0.1, 0.15) is 16.6 Å². The molecule has 0 spiro atoms. The van der Waals surface area contributed by atoms with Gasteiger partial charge in [0.05, 0.1) is 0 Å². The lowest BCUT2D eigenvalue weighted by Gasteiger charge is -2.03. The third-order valence-electron chi connectivity index (χ3n) is 1.63. The van der Waals surface area contributed by atoms with Crippen LogP contribution in [0.15, 0.2) is 30.0 Å². The second-order valence-electron chi connectivity index (χ2n) is 2.84. The molecule has 0 saturated carbocycles. The summed E-state index contributed by atoms with van der Waals surface area (Å²) >= 11 is 16.3. The van der Waals surface area contributed by atoms with E-state index in [1.807, 2.05) is 6.07 Å². The van der Waals surface area contributed by atoms with Gasteiger partial charge in [0, 0.05) is 21.9 Å². The fourth-order valence-corrected chi connectivity index (χ4v) is 1.58. The average molecular weight is 272 g/mol. The van der Waals surface area contributed by atoms with Crippen LogP contribution in [-0.4, -0.2) is 4.99 Å². The molecule has 0 aromatic heterocycles. The maximum absolute atomic E-state index is 8.71. The Morgan fingerprint density at radius 2 is 1.94 bits per heavy atom. The van der Waals surface area contributed by atoms with Crippen LogP contribution in [-0.2, 0) is 0 Å². The van der Waals surface area contributed by atoms with Crippen molar-refractivity contribution in [2.45, 2.75) is 0 Å². The third-order valence-corrected chi connectivity index (χ3v) is 2.29. The molecule has 0 amide bonds. The van der Waals surface area contributed by atoms with Gasteiger partial charge in [-0.3, -0.25) is 0 Å². The van der Waals surface area contributed by atoms with Gasteiger partial charge in [0.2, 0.25) is 0 Å². The first-order valence-corrected chi connectivity index (χ1v) is 5.32. The molecule has 0 saturated heterocycles. The summed E-state index contributed by atoms with van der Waals surface area (Å²) < 4.78 is 0. The van der Waals surface area contributed by atoms with Crippen LogP contribution in [0.2, 0.25) is 10.0 Å². The van der Waals surface area contributed by atoms with Gasteiger partial charge >= 0.3 is 0 Å². The van der Waals surface area contributed by atoms with E-state index in [2.05, 4.69) is 17.5 Å². The molecular weight excluding hydrogens is 265 g/mol. The fraction of sp³-hybridized carbons (Fsp3) is 0. The summed E-state index contributed by atoms with van der Waals surface area (Å²) in [5.41, 5.74) is 6.16. The highest BCUT2D eigenvalue weighted by Crippen LogP contribution is 2.22.